The maximum Gasteiger partial charge on any atom is 0.200 e. The fourth-order valence-electron chi connectivity index (χ4n) is 2.09. The predicted octanol–water partition coefficient (Wildman–Crippen LogP) is 3.18. The molecule has 1 heterocycles. The van der Waals surface area contributed by atoms with Crippen LogP contribution in [0.4, 0.5) is 0 Å². The third kappa shape index (κ3) is 1.91. The third-order valence-corrected chi connectivity index (χ3v) is 3.28. The Hall–Kier alpha value is -2.75. The number of aromatic hydroxyl groups is 2. The molecule has 0 aliphatic rings. The first-order chi connectivity index (χ1) is 9.56. The van der Waals surface area contributed by atoms with E-state index in [-0.39, 0.29) is 16.9 Å². The second kappa shape index (κ2) is 4.42. The molecule has 0 saturated heterocycles. The fourth-order valence-corrected chi connectivity index (χ4v) is 2.09. The van der Waals surface area contributed by atoms with E-state index in [1.54, 1.807) is 19.1 Å². The summed E-state index contributed by atoms with van der Waals surface area (Å²) in [6.45, 7) is 1.78. The van der Waals surface area contributed by atoms with Crippen molar-refractivity contribution in [3.8, 4) is 22.6 Å². The molecule has 20 heavy (non-hydrogen) atoms. The van der Waals surface area contributed by atoms with Crippen molar-refractivity contribution >= 4 is 11.0 Å². The number of aryl methyl sites for hydroxylation is 1. The van der Waals surface area contributed by atoms with Crippen LogP contribution in [0.5, 0.6) is 11.5 Å². The van der Waals surface area contributed by atoms with Crippen LogP contribution in [0, 0.1) is 6.92 Å². The minimum atomic E-state index is -0.200. The molecular weight excluding hydrogens is 256 g/mol. The summed E-state index contributed by atoms with van der Waals surface area (Å²) in [6.07, 6.45) is 1.34. The summed E-state index contributed by atoms with van der Waals surface area (Å²) >= 11 is 0. The van der Waals surface area contributed by atoms with E-state index in [9.17, 15) is 15.0 Å². The fraction of sp³-hybridized carbons (Fsp3) is 0.0625. The SMILES string of the molecule is Cc1ccc(-c2coc3cc(O)ccc3c2=O)cc1O. The van der Waals surface area contributed by atoms with Gasteiger partial charge in [0.1, 0.15) is 23.3 Å². The van der Waals surface area contributed by atoms with Gasteiger partial charge in [0, 0.05) is 6.07 Å². The van der Waals surface area contributed by atoms with Gasteiger partial charge < -0.3 is 14.6 Å². The highest BCUT2D eigenvalue weighted by Gasteiger charge is 2.10. The summed E-state index contributed by atoms with van der Waals surface area (Å²) in [7, 11) is 0. The Bertz CT molecular complexity index is 862. The molecule has 0 unspecified atom stereocenters. The van der Waals surface area contributed by atoms with Gasteiger partial charge >= 0.3 is 0 Å². The van der Waals surface area contributed by atoms with E-state index >= 15 is 0 Å². The average molecular weight is 268 g/mol. The zero-order valence-electron chi connectivity index (χ0n) is 10.8. The highest BCUT2D eigenvalue weighted by atomic mass is 16.3. The molecule has 0 amide bonds. The first-order valence-corrected chi connectivity index (χ1v) is 6.11. The standard InChI is InChI=1S/C16H12O4/c1-9-2-3-10(6-14(9)18)13-8-20-15-7-11(17)4-5-12(15)16(13)19/h2-8,17-18H,1H3. The second-order valence-corrected chi connectivity index (χ2v) is 4.66. The van der Waals surface area contributed by atoms with E-state index in [0.717, 1.165) is 5.56 Å². The number of rotatable bonds is 1. The molecule has 100 valence electrons. The molecular formula is C16H12O4. The largest absolute Gasteiger partial charge is 0.508 e. The second-order valence-electron chi connectivity index (χ2n) is 4.66. The zero-order valence-corrected chi connectivity index (χ0v) is 10.8. The molecule has 4 nitrogen and oxygen atoms in total. The molecule has 3 aromatic rings. The highest BCUT2D eigenvalue weighted by molar-refractivity contribution is 5.82. The van der Waals surface area contributed by atoms with Gasteiger partial charge in [0.05, 0.1) is 10.9 Å². The minimum Gasteiger partial charge on any atom is -0.508 e. The van der Waals surface area contributed by atoms with Gasteiger partial charge in [0.15, 0.2) is 5.43 Å². The minimum absolute atomic E-state index is 0.0429. The summed E-state index contributed by atoms with van der Waals surface area (Å²) in [6, 6.07) is 9.39. The quantitative estimate of drug-likeness (QED) is 0.711. The van der Waals surface area contributed by atoms with Gasteiger partial charge in [-0.3, -0.25) is 4.79 Å². The Morgan fingerprint density at radius 1 is 1.05 bits per heavy atom. The van der Waals surface area contributed by atoms with Crippen LogP contribution >= 0.6 is 0 Å². The van der Waals surface area contributed by atoms with Crippen molar-refractivity contribution in [1.29, 1.82) is 0 Å². The average Bonchev–Trinajstić information content (AvgIpc) is 2.42. The van der Waals surface area contributed by atoms with Crippen LogP contribution in [0.15, 0.2) is 51.9 Å². The lowest BCUT2D eigenvalue weighted by Gasteiger charge is -2.05. The Labute approximate surface area is 114 Å². The summed E-state index contributed by atoms with van der Waals surface area (Å²) in [5, 5.41) is 19.5. The van der Waals surface area contributed by atoms with E-state index in [4.69, 9.17) is 4.42 Å². The summed E-state index contributed by atoms with van der Waals surface area (Å²) in [5.74, 6) is 0.175. The summed E-state index contributed by atoms with van der Waals surface area (Å²) < 4.78 is 5.39. The van der Waals surface area contributed by atoms with Crippen LogP contribution in [-0.2, 0) is 0 Å². The molecule has 0 saturated carbocycles. The molecule has 0 atom stereocenters. The summed E-state index contributed by atoms with van der Waals surface area (Å²) in [4.78, 5) is 12.4. The van der Waals surface area contributed by atoms with E-state index in [2.05, 4.69) is 0 Å². The van der Waals surface area contributed by atoms with Gasteiger partial charge in [-0.25, -0.2) is 0 Å². The normalized spacial score (nSPS) is 10.8. The van der Waals surface area contributed by atoms with Crippen molar-refractivity contribution < 1.29 is 14.6 Å². The molecule has 1 aromatic heterocycles. The lowest BCUT2D eigenvalue weighted by molar-refractivity contribution is 0.471. The van der Waals surface area contributed by atoms with Gasteiger partial charge in [0.2, 0.25) is 0 Å². The first kappa shape index (κ1) is 12.3. The molecule has 0 aliphatic heterocycles. The molecule has 0 spiro atoms. The smallest absolute Gasteiger partial charge is 0.200 e. The van der Waals surface area contributed by atoms with E-state index < -0.39 is 0 Å². The molecule has 0 aliphatic carbocycles. The van der Waals surface area contributed by atoms with E-state index in [1.165, 1.54) is 30.5 Å². The van der Waals surface area contributed by atoms with Crippen LogP contribution in [-0.4, -0.2) is 10.2 Å². The van der Waals surface area contributed by atoms with Gasteiger partial charge in [-0.15, -0.1) is 0 Å². The Kier molecular flexibility index (Phi) is 2.71. The first-order valence-electron chi connectivity index (χ1n) is 6.11. The number of fused-ring (bicyclic) bond motifs is 1. The Morgan fingerprint density at radius 2 is 1.85 bits per heavy atom. The van der Waals surface area contributed by atoms with E-state index in [0.29, 0.717) is 22.1 Å². The van der Waals surface area contributed by atoms with E-state index in [1.807, 2.05) is 0 Å². The zero-order chi connectivity index (χ0) is 14.3. The maximum atomic E-state index is 12.4. The van der Waals surface area contributed by atoms with Crippen molar-refractivity contribution in [2.24, 2.45) is 0 Å². The molecule has 3 rings (SSSR count). The molecule has 0 radical (unpaired) electrons. The van der Waals surface area contributed by atoms with Gasteiger partial charge in [0.25, 0.3) is 0 Å². The number of benzene rings is 2. The van der Waals surface area contributed by atoms with Crippen molar-refractivity contribution in [2.45, 2.75) is 6.92 Å². The summed E-state index contributed by atoms with van der Waals surface area (Å²) in [5.41, 5.74) is 1.84. The van der Waals surface area contributed by atoms with Gasteiger partial charge in [-0.05, 0) is 36.2 Å². The highest BCUT2D eigenvalue weighted by Crippen LogP contribution is 2.26. The van der Waals surface area contributed by atoms with Crippen LogP contribution in [0.2, 0.25) is 0 Å². The Morgan fingerprint density at radius 3 is 2.60 bits per heavy atom. The molecule has 2 N–H and O–H groups in total. The van der Waals surface area contributed by atoms with Crippen molar-refractivity contribution in [2.75, 3.05) is 0 Å². The van der Waals surface area contributed by atoms with Crippen LogP contribution < -0.4 is 5.43 Å². The van der Waals surface area contributed by atoms with Crippen LogP contribution in [0.1, 0.15) is 5.56 Å². The molecule has 0 bridgehead atoms. The van der Waals surface area contributed by atoms with Crippen molar-refractivity contribution in [3.63, 3.8) is 0 Å². The molecule has 2 aromatic carbocycles. The lowest BCUT2D eigenvalue weighted by atomic mass is 10.0. The number of hydrogen-bond acceptors (Lipinski definition) is 4. The van der Waals surface area contributed by atoms with Gasteiger partial charge in [-0.1, -0.05) is 12.1 Å². The maximum absolute atomic E-state index is 12.4. The number of hydrogen-bond donors (Lipinski definition) is 2. The number of phenolic OH excluding ortho intramolecular Hbond substituents is 2. The Balaban J connectivity index is 2.27. The lowest BCUT2D eigenvalue weighted by Crippen LogP contribution is -2.04. The van der Waals surface area contributed by atoms with Crippen molar-refractivity contribution in [3.05, 3.63) is 58.4 Å². The molecule has 4 heteroatoms. The number of phenols is 2. The topological polar surface area (TPSA) is 70.7 Å². The monoisotopic (exact) mass is 268 g/mol. The predicted molar refractivity (Wildman–Crippen MR) is 76.0 cm³/mol. The third-order valence-electron chi connectivity index (χ3n) is 3.28. The molecule has 0 fully saturated rings. The van der Waals surface area contributed by atoms with Crippen LogP contribution in [0.3, 0.4) is 0 Å². The van der Waals surface area contributed by atoms with Crippen molar-refractivity contribution in [1.82, 2.24) is 0 Å². The van der Waals surface area contributed by atoms with Crippen LogP contribution in [0.25, 0.3) is 22.1 Å². The van der Waals surface area contributed by atoms with Gasteiger partial charge in [-0.2, -0.15) is 0 Å².